The average Bonchev–Trinajstić information content (AvgIpc) is 3.03. The molecule has 1 amide bonds. The van der Waals surface area contributed by atoms with Crippen LogP contribution in [-0.2, 0) is 20.9 Å². The van der Waals surface area contributed by atoms with Crippen LogP contribution < -0.4 is 25.5 Å². The van der Waals surface area contributed by atoms with Crippen molar-refractivity contribution in [3.8, 4) is 11.5 Å². The maximum atomic E-state index is 12.8. The van der Waals surface area contributed by atoms with Crippen LogP contribution in [0, 0.1) is 0 Å². The fraction of sp³-hybridized carbons (Fsp3) is 0.176. The average molecular weight is 722 g/mol. The van der Waals surface area contributed by atoms with E-state index >= 15 is 0 Å². The number of ether oxygens (including phenoxy) is 3. The lowest BCUT2D eigenvalue weighted by atomic mass is 9.95. The second-order valence-electron chi connectivity index (χ2n) is 10.2. The van der Waals surface area contributed by atoms with Crippen molar-refractivity contribution < 1.29 is 23.8 Å². The molecule has 0 saturated heterocycles. The van der Waals surface area contributed by atoms with Gasteiger partial charge in [-0.05, 0) is 88.2 Å². The van der Waals surface area contributed by atoms with E-state index in [4.69, 9.17) is 38.0 Å². The zero-order chi connectivity index (χ0) is 32.6. The maximum Gasteiger partial charge on any atom is 0.338 e. The van der Waals surface area contributed by atoms with E-state index in [0.717, 1.165) is 16.3 Å². The molecule has 4 aromatic rings. The number of nitrogens with one attached hydrogen (secondary N) is 3. The Balaban J connectivity index is 1.19. The normalized spacial score (nSPS) is 14.5. The molecule has 236 valence electrons. The van der Waals surface area contributed by atoms with E-state index in [0.29, 0.717) is 55.1 Å². The number of allylic oxidation sites excluding steroid dienone is 1. The molecule has 4 aromatic carbocycles. The van der Waals surface area contributed by atoms with Gasteiger partial charge in [-0.2, -0.15) is 5.10 Å². The fourth-order valence-corrected chi connectivity index (χ4v) is 6.15. The molecular weight excluding hydrogens is 692 g/mol. The van der Waals surface area contributed by atoms with Crippen LogP contribution in [0.5, 0.6) is 11.5 Å². The van der Waals surface area contributed by atoms with Gasteiger partial charge in [0.1, 0.15) is 12.4 Å². The van der Waals surface area contributed by atoms with Gasteiger partial charge in [-0.15, -0.1) is 0 Å². The van der Waals surface area contributed by atoms with Crippen LogP contribution in [-0.4, -0.2) is 36.4 Å². The molecular formula is C34H30BrClN4O5S. The number of carbonyl (C=O) groups is 2. The molecule has 1 heterocycles. The van der Waals surface area contributed by atoms with E-state index in [2.05, 4.69) is 61.4 Å². The zero-order valence-electron chi connectivity index (χ0n) is 24.9. The summed E-state index contributed by atoms with van der Waals surface area (Å²) in [5, 5.41) is 13.2. The van der Waals surface area contributed by atoms with Crippen molar-refractivity contribution in [1.82, 2.24) is 16.1 Å². The van der Waals surface area contributed by atoms with Crippen molar-refractivity contribution in [1.29, 1.82) is 0 Å². The minimum atomic E-state index is -0.632. The molecule has 0 aliphatic carbocycles. The lowest BCUT2D eigenvalue weighted by Crippen LogP contribution is -2.45. The predicted molar refractivity (Wildman–Crippen MR) is 186 cm³/mol. The van der Waals surface area contributed by atoms with Gasteiger partial charge in [0.05, 0.1) is 33.9 Å². The molecule has 0 aromatic heterocycles. The highest BCUT2D eigenvalue weighted by Gasteiger charge is 2.32. The Hall–Kier alpha value is -4.45. The number of amides is 1. The van der Waals surface area contributed by atoms with Gasteiger partial charge in [-0.25, -0.2) is 10.2 Å². The number of halogens is 2. The summed E-state index contributed by atoms with van der Waals surface area (Å²) in [4.78, 5) is 25.4. The molecule has 12 heteroatoms. The van der Waals surface area contributed by atoms with Gasteiger partial charge in [0.15, 0.2) is 17.5 Å². The van der Waals surface area contributed by atoms with Crippen LogP contribution in [0.2, 0.25) is 5.02 Å². The summed E-state index contributed by atoms with van der Waals surface area (Å²) in [6.07, 6.45) is 1.47. The lowest BCUT2D eigenvalue weighted by molar-refractivity contribution is -0.139. The van der Waals surface area contributed by atoms with E-state index in [1.807, 2.05) is 18.2 Å². The van der Waals surface area contributed by atoms with Crippen molar-refractivity contribution in [2.75, 3.05) is 13.2 Å². The number of benzene rings is 4. The Morgan fingerprint density at radius 2 is 1.80 bits per heavy atom. The molecule has 0 fully saturated rings. The third kappa shape index (κ3) is 8.03. The SMILES string of the molecule is CCOC(=O)C1=C(C)NC(=S)N[C@H]1c1ccccc1OCC(=O)NN=Cc1cc(Cl)c(OCc2ccc3ccccc3c2)c(Br)c1. The van der Waals surface area contributed by atoms with E-state index in [-0.39, 0.29) is 13.2 Å². The van der Waals surface area contributed by atoms with Gasteiger partial charge in [0.2, 0.25) is 0 Å². The van der Waals surface area contributed by atoms with Gasteiger partial charge in [-0.1, -0.05) is 66.2 Å². The highest BCUT2D eigenvalue weighted by atomic mass is 79.9. The van der Waals surface area contributed by atoms with Gasteiger partial charge in [0.25, 0.3) is 5.91 Å². The quantitative estimate of drug-likeness (QED) is 0.0678. The molecule has 3 N–H and O–H groups in total. The largest absolute Gasteiger partial charge is 0.486 e. The molecule has 0 radical (unpaired) electrons. The van der Waals surface area contributed by atoms with Crippen LogP contribution >= 0.6 is 39.7 Å². The molecule has 5 rings (SSSR count). The molecule has 0 spiro atoms. The Bertz CT molecular complexity index is 1840. The minimum absolute atomic E-state index is 0.221. The van der Waals surface area contributed by atoms with Crippen molar-refractivity contribution in [2.24, 2.45) is 5.10 Å². The number of carbonyl (C=O) groups excluding carboxylic acids is 2. The molecule has 0 unspecified atom stereocenters. The predicted octanol–water partition coefficient (Wildman–Crippen LogP) is 6.72. The molecule has 1 aliphatic heterocycles. The third-order valence-corrected chi connectivity index (χ3v) is 8.06. The first-order valence-electron chi connectivity index (χ1n) is 14.3. The first kappa shape index (κ1) is 32.9. The van der Waals surface area contributed by atoms with Crippen LogP contribution in [0.4, 0.5) is 0 Å². The number of nitrogens with zero attached hydrogens (tertiary/aromatic N) is 1. The minimum Gasteiger partial charge on any atom is -0.486 e. The van der Waals surface area contributed by atoms with Crippen LogP contribution in [0.15, 0.2) is 99.7 Å². The Morgan fingerprint density at radius 1 is 1.04 bits per heavy atom. The summed E-state index contributed by atoms with van der Waals surface area (Å²) in [5.41, 5.74) is 5.68. The number of hydrazone groups is 1. The Labute approximate surface area is 285 Å². The number of fused-ring (bicyclic) bond motifs is 1. The number of hydrogen-bond donors (Lipinski definition) is 3. The highest BCUT2D eigenvalue weighted by molar-refractivity contribution is 9.10. The summed E-state index contributed by atoms with van der Waals surface area (Å²) in [5.74, 6) is -0.0695. The van der Waals surface area contributed by atoms with E-state index < -0.39 is 17.9 Å². The first-order valence-corrected chi connectivity index (χ1v) is 15.9. The Morgan fingerprint density at radius 3 is 2.59 bits per heavy atom. The van der Waals surface area contributed by atoms with Crippen molar-refractivity contribution >= 4 is 73.7 Å². The van der Waals surface area contributed by atoms with Crippen molar-refractivity contribution in [3.63, 3.8) is 0 Å². The molecule has 0 bridgehead atoms. The van der Waals surface area contributed by atoms with Crippen LogP contribution in [0.3, 0.4) is 0 Å². The lowest BCUT2D eigenvalue weighted by Gasteiger charge is -2.30. The highest BCUT2D eigenvalue weighted by Crippen LogP contribution is 2.35. The number of rotatable bonds is 11. The maximum absolute atomic E-state index is 12.8. The van der Waals surface area contributed by atoms with Crippen LogP contribution in [0.25, 0.3) is 10.8 Å². The van der Waals surface area contributed by atoms with Crippen molar-refractivity contribution in [2.45, 2.75) is 26.5 Å². The monoisotopic (exact) mass is 720 g/mol. The molecule has 46 heavy (non-hydrogen) atoms. The molecule has 0 saturated carbocycles. The topological polar surface area (TPSA) is 110 Å². The summed E-state index contributed by atoms with van der Waals surface area (Å²) in [6.45, 7) is 3.72. The van der Waals surface area contributed by atoms with E-state index in [1.165, 1.54) is 6.21 Å². The van der Waals surface area contributed by atoms with Gasteiger partial charge >= 0.3 is 5.97 Å². The van der Waals surface area contributed by atoms with Gasteiger partial charge in [0, 0.05) is 11.3 Å². The molecule has 1 aliphatic rings. The number of hydrogen-bond acceptors (Lipinski definition) is 7. The second kappa shape index (κ2) is 15.2. The number of esters is 1. The summed E-state index contributed by atoms with van der Waals surface area (Å²) in [7, 11) is 0. The third-order valence-electron chi connectivity index (χ3n) is 6.97. The smallest absolute Gasteiger partial charge is 0.338 e. The summed E-state index contributed by atoms with van der Waals surface area (Å²) in [6, 6.07) is 24.2. The Kier molecular flexibility index (Phi) is 10.9. The van der Waals surface area contributed by atoms with E-state index in [9.17, 15) is 9.59 Å². The van der Waals surface area contributed by atoms with Crippen LogP contribution in [0.1, 0.15) is 36.6 Å². The fourth-order valence-electron chi connectivity index (χ4n) is 4.89. The number of thiocarbonyl (C=S) groups is 1. The zero-order valence-corrected chi connectivity index (χ0v) is 28.1. The van der Waals surface area contributed by atoms with Crippen molar-refractivity contribution in [3.05, 3.63) is 116 Å². The first-order chi connectivity index (χ1) is 22.2. The number of para-hydroxylation sites is 1. The second-order valence-corrected chi connectivity index (χ2v) is 11.9. The summed E-state index contributed by atoms with van der Waals surface area (Å²) < 4.78 is 17.8. The van der Waals surface area contributed by atoms with Gasteiger partial charge < -0.3 is 24.8 Å². The summed E-state index contributed by atoms with van der Waals surface area (Å²) >= 11 is 15.4. The molecule has 1 atom stereocenters. The standard InChI is InChI=1S/C34H30BrClN4O5S/c1-3-43-33(42)30-20(2)38-34(46)39-31(30)25-10-6-7-11-28(25)44-19-29(41)40-37-17-22-15-26(35)32(27(36)16-22)45-18-21-12-13-23-8-4-5-9-24(23)14-21/h4-17,31H,3,18-19H2,1-2H3,(H,40,41)(H2,38,39,46)/t31-/m0/s1. The van der Waals surface area contributed by atoms with E-state index in [1.54, 1.807) is 50.2 Å². The molecule has 9 nitrogen and oxygen atoms in total. The van der Waals surface area contributed by atoms with Gasteiger partial charge in [-0.3, -0.25) is 4.79 Å².